The van der Waals surface area contributed by atoms with Gasteiger partial charge in [0.15, 0.2) is 0 Å². The minimum absolute atomic E-state index is 0.416. The van der Waals surface area contributed by atoms with Crippen LogP contribution in [0.3, 0.4) is 0 Å². The molecule has 0 bridgehead atoms. The van der Waals surface area contributed by atoms with Crippen LogP contribution < -0.4 is 0 Å². The van der Waals surface area contributed by atoms with E-state index in [9.17, 15) is 18.0 Å². The second-order valence-corrected chi connectivity index (χ2v) is 4.82. The van der Waals surface area contributed by atoms with Crippen LogP contribution in [0.25, 0.3) is 0 Å². The molecule has 0 aliphatic heterocycles. The summed E-state index contributed by atoms with van der Waals surface area (Å²) in [5.41, 5.74) is 1.26. The Morgan fingerprint density at radius 1 is 1.00 bits per heavy atom. The van der Waals surface area contributed by atoms with Crippen molar-refractivity contribution in [3.8, 4) is 0 Å². The third-order valence-corrected chi connectivity index (χ3v) is 3.02. The van der Waals surface area contributed by atoms with Gasteiger partial charge in [0.2, 0.25) is 0 Å². The standard InChI is InChI=1S/C15H10ClF3O/c16-14-7-11(6-12(8-14)9-20)5-10-1-3-13(4-2-10)15(17,18)19/h1-4,6-9H,5H2. The summed E-state index contributed by atoms with van der Waals surface area (Å²) in [6.45, 7) is 0. The fourth-order valence-corrected chi connectivity index (χ4v) is 2.16. The molecule has 0 aliphatic carbocycles. The van der Waals surface area contributed by atoms with Gasteiger partial charge in [-0.1, -0.05) is 23.7 Å². The Bertz CT molecular complexity index is 618. The highest BCUT2D eigenvalue weighted by atomic mass is 35.5. The Morgan fingerprint density at radius 2 is 1.65 bits per heavy atom. The van der Waals surface area contributed by atoms with Crippen LogP contribution in [0.1, 0.15) is 27.0 Å². The van der Waals surface area contributed by atoms with Crippen LogP contribution in [0.5, 0.6) is 0 Å². The maximum absolute atomic E-state index is 12.4. The van der Waals surface area contributed by atoms with Gasteiger partial charge in [0.25, 0.3) is 0 Å². The van der Waals surface area contributed by atoms with Crippen molar-refractivity contribution in [1.82, 2.24) is 0 Å². The SMILES string of the molecule is O=Cc1cc(Cl)cc(Cc2ccc(C(F)(F)F)cc2)c1. The van der Waals surface area contributed by atoms with Crippen molar-refractivity contribution in [2.75, 3.05) is 0 Å². The summed E-state index contributed by atoms with van der Waals surface area (Å²) in [7, 11) is 0. The van der Waals surface area contributed by atoms with Crippen molar-refractivity contribution in [2.45, 2.75) is 12.6 Å². The molecule has 5 heteroatoms. The Hall–Kier alpha value is -1.81. The number of aldehydes is 1. The molecule has 2 rings (SSSR count). The number of benzene rings is 2. The van der Waals surface area contributed by atoms with Gasteiger partial charge in [-0.05, 0) is 47.9 Å². The lowest BCUT2D eigenvalue weighted by Gasteiger charge is -2.08. The first-order valence-electron chi connectivity index (χ1n) is 5.79. The molecule has 0 aromatic heterocycles. The van der Waals surface area contributed by atoms with E-state index in [0.29, 0.717) is 23.3 Å². The first kappa shape index (κ1) is 14.6. The van der Waals surface area contributed by atoms with Gasteiger partial charge in [0.1, 0.15) is 6.29 Å². The van der Waals surface area contributed by atoms with E-state index < -0.39 is 11.7 Å². The number of rotatable bonds is 3. The number of carbonyl (C=O) groups excluding carboxylic acids is 1. The van der Waals surface area contributed by atoms with Crippen molar-refractivity contribution >= 4 is 17.9 Å². The summed E-state index contributed by atoms with van der Waals surface area (Å²) in [5, 5.41) is 0.427. The fraction of sp³-hybridized carbons (Fsp3) is 0.133. The minimum atomic E-state index is -4.33. The molecule has 0 spiro atoms. The van der Waals surface area contributed by atoms with Gasteiger partial charge in [0, 0.05) is 10.6 Å². The van der Waals surface area contributed by atoms with Crippen LogP contribution in [0, 0.1) is 0 Å². The van der Waals surface area contributed by atoms with E-state index in [1.807, 2.05) is 0 Å². The molecule has 0 amide bonds. The van der Waals surface area contributed by atoms with Gasteiger partial charge in [-0.25, -0.2) is 0 Å². The Morgan fingerprint density at radius 3 is 2.20 bits per heavy atom. The van der Waals surface area contributed by atoms with Gasteiger partial charge in [-0.2, -0.15) is 13.2 Å². The molecule has 20 heavy (non-hydrogen) atoms. The monoisotopic (exact) mass is 298 g/mol. The molecule has 0 saturated carbocycles. The van der Waals surface area contributed by atoms with Crippen LogP contribution in [0.15, 0.2) is 42.5 Å². The quantitative estimate of drug-likeness (QED) is 0.747. The molecular weight excluding hydrogens is 289 g/mol. The highest BCUT2D eigenvalue weighted by Gasteiger charge is 2.29. The van der Waals surface area contributed by atoms with Crippen molar-refractivity contribution in [3.05, 3.63) is 69.7 Å². The zero-order valence-corrected chi connectivity index (χ0v) is 11.0. The van der Waals surface area contributed by atoms with Gasteiger partial charge in [-0.3, -0.25) is 4.79 Å². The lowest BCUT2D eigenvalue weighted by molar-refractivity contribution is -0.137. The summed E-state index contributed by atoms with van der Waals surface area (Å²) >= 11 is 5.87. The van der Waals surface area contributed by atoms with Gasteiger partial charge in [0.05, 0.1) is 5.56 Å². The molecular formula is C15H10ClF3O. The smallest absolute Gasteiger partial charge is 0.298 e. The summed E-state index contributed by atoms with van der Waals surface area (Å²) < 4.78 is 37.3. The van der Waals surface area contributed by atoms with Crippen LogP contribution >= 0.6 is 11.6 Å². The number of hydrogen-bond donors (Lipinski definition) is 0. The normalized spacial score (nSPS) is 11.4. The van der Waals surface area contributed by atoms with Crippen molar-refractivity contribution < 1.29 is 18.0 Å². The first-order valence-corrected chi connectivity index (χ1v) is 6.17. The molecule has 2 aromatic rings. The van der Waals surface area contributed by atoms with Gasteiger partial charge in [-0.15, -0.1) is 0 Å². The average molecular weight is 299 g/mol. The molecule has 0 unspecified atom stereocenters. The highest BCUT2D eigenvalue weighted by molar-refractivity contribution is 6.30. The number of hydrogen-bond acceptors (Lipinski definition) is 1. The van der Waals surface area contributed by atoms with Gasteiger partial charge < -0.3 is 0 Å². The maximum Gasteiger partial charge on any atom is 0.416 e. The van der Waals surface area contributed by atoms with Crippen LogP contribution in [0.4, 0.5) is 13.2 Å². The highest BCUT2D eigenvalue weighted by Crippen LogP contribution is 2.29. The van der Waals surface area contributed by atoms with E-state index in [0.717, 1.165) is 23.3 Å². The number of carbonyl (C=O) groups is 1. The fourth-order valence-electron chi connectivity index (χ4n) is 1.89. The lowest BCUT2D eigenvalue weighted by atomic mass is 10.0. The second-order valence-electron chi connectivity index (χ2n) is 4.38. The zero-order valence-electron chi connectivity index (χ0n) is 10.2. The molecule has 0 radical (unpaired) electrons. The minimum Gasteiger partial charge on any atom is -0.298 e. The van der Waals surface area contributed by atoms with E-state index in [1.54, 1.807) is 12.1 Å². The first-order chi connectivity index (χ1) is 9.38. The van der Waals surface area contributed by atoms with Crippen LogP contribution in [-0.2, 0) is 12.6 Å². The van der Waals surface area contributed by atoms with E-state index in [2.05, 4.69) is 0 Å². The van der Waals surface area contributed by atoms with Crippen LogP contribution in [-0.4, -0.2) is 6.29 Å². The Labute approximate surface area is 119 Å². The predicted molar refractivity (Wildman–Crippen MR) is 71.1 cm³/mol. The molecule has 2 aromatic carbocycles. The molecule has 0 N–H and O–H groups in total. The number of halogens is 4. The maximum atomic E-state index is 12.4. The van der Waals surface area contributed by atoms with Gasteiger partial charge >= 0.3 is 6.18 Å². The summed E-state index contributed by atoms with van der Waals surface area (Å²) in [4.78, 5) is 10.7. The Balaban J connectivity index is 2.22. The third kappa shape index (κ3) is 3.61. The van der Waals surface area contributed by atoms with E-state index in [4.69, 9.17) is 11.6 Å². The molecule has 0 aliphatic rings. The zero-order chi connectivity index (χ0) is 14.8. The molecule has 104 valence electrons. The molecule has 1 nitrogen and oxygen atoms in total. The lowest BCUT2D eigenvalue weighted by Crippen LogP contribution is -2.04. The molecule has 0 fully saturated rings. The van der Waals surface area contributed by atoms with Crippen molar-refractivity contribution in [3.63, 3.8) is 0 Å². The van der Waals surface area contributed by atoms with E-state index in [-0.39, 0.29) is 0 Å². The Kier molecular flexibility index (Phi) is 4.14. The van der Waals surface area contributed by atoms with Crippen LogP contribution in [0.2, 0.25) is 5.02 Å². The molecule has 0 heterocycles. The van der Waals surface area contributed by atoms with E-state index in [1.165, 1.54) is 18.2 Å². The summed E-state index contributed by atoms with van der Waals surface area (Å²) in [5.74, 6) is 0. The number of alkyl halides is 3. The third-order valence-electron chi connectivity index (χ3n) is 2.81. The summed E-state index contributed by atoms with van der Waals surface area (Å²) in [6.07, 6.45) is -3.24. The second kappa shape index (κ2) is 5.67. The molecule has 0 saturated heterocycles. The predicted octanol–water partition coefficient (Wildman–Crippen LogP) is 4.76. The van der Waals surface area contributed by atoms with Crippen molar-refractivity contribution in [1.29, 1.82) is 0 Å². The topological polar surface area (TPSA) is 17.1 Å². The van der Waals surface area contributed by atoms with E-state index >= 15 is 0 Å². The molecule has 0 atom stereocenters. The summed E-state index contributed by atoms with van der Waals surface area (Å²) in [6, 6.07) is 9.81. The largest absolute Gasteiger partial charge is 0.416 e. The van der Waals surface area contributed by atoms with Crippen molar-refractivity contribution in [2.24, 2.45) is 0 Å². The average Bonchev–Trinajstić information content (AvgIpc) is 2.37.